The highest BCUT2D eigenvalue weighted by Gasteiger charge is 2.40. The predicted octanol–water partition coefficient (Wildman–Crippen LogP) is 3.76. The number of benzene rings is 3. The second-order valence-electron chi connectivity index (χ2n) is 9.41. The fourth-order valence-corrected chi connectivity index (χ4v) is 4.24. The van der Waals surface area contributed by atoms with Gasteiger partial charge in [0, 0.05) is 0 Å². The van der Waals surface area contributed by atoms with Gasteiger partial charge in [0.1, 0.15) is 6.61 Å². The van der Waals surface area contributed by atoms with Crippen LogP contribution in [0.3, 0.4) is 0 Å². The largest absolute Gasteiger partial charge is 0.459 e. The summed E-state index contributed by atoms with van der Waals surface area (Å²) in [4.78, 5) is 50.8. The maximum absolute atomic E-state index is 13.1. The van der Waals surface area contributed by atoms with E-state index in [2.05, 4.69) is 0 Å². The zero-order valence-electron chi connectivity index (χ0n) is 22.9. The van der Waals surface area contributed by atoms with E-state index in [0.717, 1.165) is 22.9 Å². The van der Waals surface area contributed by atoms with E-state index in [1.165, 1.54) is 36.4 Å². The maximum Gasteiger partial charge on any atom is 0.338 e. The molecule has 0 spiro atoms. The molecule has 3 atom stereocenters. The van der Waals surface area contributed by atoms with Crippen molar-refractivity contribution in [2.24, 2.45) is 0 Å². The molecule has 3 aromatic carbocycles. The number of aldehydes is 1. The van der Waals surface area contributed by atoms with E-state index in [0.29, 0.717) is 0 Å². The number of ether oxygens (including phenoxy) is 3. The Labute approximate surface area is 238 Å². The molecule has 0 aromatic heterocycles. The molecule has 0 saturated carbocycles. The first-order chi connectivity index (χ1) is 19.4. The van der Waals surface area contributed by atoms with Crippen LogP contribution in [-0.4, -0.2) is 63.8 Å². The summed E-state index contributed by atoms with van der Waals surface area (Å²) < 4.78 is 45.6. The average Bonchev–Trinajstić information content (AvgIpc) is 2.93. The molecule has 0 aliphatic carbocycles. The zero-order valence-corrected chi connectivity index (χ0v) is 23.8. The number of esters is 3. The number of carbonyl (C=O) groups is 4. The summed E-state index contributed by atoms with van der Waals surface area (Å²) in [5, 5.41) is 0. The van der Waals surface area contributed by atoms with Crippen molar-refractivity contribution in [3.05, 3.63) is 106 Å². The van der Waals surface area contributed by atoms with Crippen molar-refractivity contribution in [2.75, 3.05) is 12.9 Å². The van der Waals surface area contributed by atoms with E-state index in [1.807, 2.05) is 20.8 Å². The third-order valence-corrected chi connectivity index (χ3v) is 6.45. The summed E-state index contributed by atoms with van der Waals surface area (Å²) >= 11 is 0. The molecule has 0 aliphatic rings. The van der Waals surface area contributed by atoms with Crippen LogP contribution in [-0.2, 0) is 33.3 Å². The van der Waals surface area contributed by atoms with Crippen LogP contribution in [0.4, 0.5) is 0 Å². The predicted molar refractivity (Wildman–Crippen MR) is 148 cm³/mol. The third-order valence-electron chi connectivity index (χ3n) is 5.85. The number of carbonyl (C=O) groups excluding carboxylic acids is 4. The minimum Gasteiger partial charge on any atom is -0.459 e. The molecule has 11 heteroatoms. The molecule has 0 fully saturated rings. The Morgan fingerprint density at radius 2 is 1.07 bits per heavy atom. The summed E-state index contributed by atoms with van der Waals surface area (Å²) in [6.45, 7) is 4.69. The van der Waals surface area contributed by atoms with Gasteiger partial charge < -0.3 is 14.2 Å². The molecule has 0 unspecified atom stereocenters. The normalized spacial score (nSPS) is 13.4. The van der Waals surface area contributed by atoms with Gasteiger partial charge in [-0.05, 0) is 57.2 Å². The molecule has 0 saturated heterocycles. The van der Waals surface area contributed by atoms with E-state index in [9.17, 15) is 27.6 Å². The molecule has 10 nitrogen and oxygen atoms in total. The SMILES string of the molecule is Cc1ccc(C(=O)OC[C@H](OS(C)(=O)=O)[C@H](OC(=O)c2ccc(C)cc2)[C@@H](C=O)OC(=O)c2ccc(C)cc2)cc1. The van der Waals surface area contributed by atoms with Crippen LogP contribution in [0.5, 0.6) is 0 Å². The van der Waals surface area contributed by atoms with Gasteiger partial charge in [-0.2, -0.15) is 8.42 Å². The van der Waals surface area contributed by atoms with Gasteiger partial charge in [0.25, 0.3) is 10.1 Å². The molecular formula is C30H30O10S. The highest BCUT2D eigenvalue weighted by atomic mass is 32.2. The molecule has 0 radical (unpaired) electrons. The smallest absolute Gasteiger partial charge is 0.338 e. The number of aryl methyl sites for hydroxylation is 3. The number of rotatable bonds is 12. The average molecular weight is 583 g/mol. The van der Waals surface area contributed by atoms with E-state index in [4.69, 9.17) is 18.4 Å². The van der Waals surface area contributed by atoms with Crippen molar-refractivity contribution in [1.82, 2.24) is 0 Å². The molecule has 0 aliphatic heterocycles. The van der Waals surface area contributed by atoms with Gasteiger partial charge >= 0.3 is 17.9 Å². The van der Waals surface area contributed by atoms with E-state index >= 15 is 0 Å². The van der Waals surface area contributed by atoms with Crippen LogP contribution >= 0.6 is 0 Å². The Morgan fingerprint density at radius 1 is 0.683 bits per heavy atom. The van der Waals surface area contributed by atoms with Gasteiger partial charge in [-0.1, -0.05) is 53.1 Å². The fraction of sp³-hybridized carbons (Fsp3) is 0.267. The molecule has 0 N–H and O–H groups in total. The Bertz CT molecular complexity index is 1480. The van der Waals surface area contributed by atoms with Gasteiger partial charge in [-0.25, -0.2) is 14.4 Å². The maximum atomic E-state index is 13.1. The standard InChI is InChI=1S/C30H30O10S/c1-19-5-11-22(12-6-19)28(32)37-18-26(40-41(4,35)36)27(39-30(34)24-15-9-21(3)10-16-24)25(17-31)38-29(33)23-13-7-20(2)8-14-23/h5-17,25-27H,18H2,1-4H3/t25-,26+,27-/m1/s1. The van der Waals surface area contributed by atoms with Gasteiger partial charge in [0.05, 0.1) is 22.9 Å². The van der Waals surface area contributed by atoms with Crippen LogP contribution in [0.25, 0.3) is 0 Å². The molecule has 3 aromatic rings. The van der Waals surface area contributed by atoms with Gasteiger partial charge in [0.15, 0.2) is 24.6 Å². The van der Waals surface area contributed by atoms with Crippen LogP contribution in [0.1, 0.15) is 47.8 Å². The summed E-state index contributed by atoms with van der Waals surface area (Å²) in [6.07, 6.45) is -4.50. The molecule has 41 heavy (non-hydrogen) atoms. The summed E-state index contributed by atoms with van der Waals surface area (Å²) in [7, 11) is -4.26. The molecular weight excluding hydrogens is 552 g/mol. The van der Waals surface area contributed by atoms with Crippen LogP contribution in [0.2, 0.25) is 0 Å². The van der Waals surface area contributed by atoms with E-state index < -0.39 is 52.9 Å². The Balaban J connectivity index is 1.94. The van der Waals surface area contributed by atoms with Crippen molar-refractivity contribution in [3.63, 3.8) is 0 Å². The summed E-state index contributed by atoms with van der Waals surface area (Å²) in [5.41, 5.74) is 2.96. The van der Waals surface area contributed by atoms with Gasteiger partial charge in [0.2, 0.25) is 0 Å². The lowest BCUT2D eigenvalue weighted by molar-refractivity contribution is -0.128. The summed E-state index contributed by atoms with van der Waals surface area (Å²) in [6, 6.07) is 18.9. The first-order valence-corrected chi connectivity index (χ1v) is 14.3. The van der Waals surface area contributed by atoms with Gasteiger partial charge in [-0.15, -0.1) is 0 Å². The molecule has 216 valence electrons. The molecule has 0 heterocycles. The lowest BCUT2D eigenvalue weighted by Gasteiger charge is -2.29. The Hall–Kier alpha value is -4.35. The number of hydrogen-bond donors (Lipinski definition) is 0. The Kier molecular flexibility index (Phi) is 10.5. The highest BCUT2D eigenvalue weighted by molar-refractivity contribution is 7.86. The first kappa shape index (κ1) is 31.2. The lowest BCUT2D eigenvalue weighted by Crippen LogP contribution is -2.48. The van der Waals surface area contributed by atoms with Crippen molar-refractivity contribution in [3.8, 4) is 0 Å². The first-order valence-electron chi connectivity index (χ1n) is 12.5. The highest BCUT2D eigenvalue weighted by Crippen LogP contribution is 2.19. The van der Waals surface area contributed by atoms with Crippen LogP contribution < -0.4 is 0 Å². The second-order valence-corrected chi connectivity index (χ2v) is 11.0. The van der Waals surface area contributed by atoms with Crippen LogP contribution in [0.15, 0.2) is 72.8 Å². The fourth-order valence-electron chi connectivity index (χ4n) is 3.62. The molecule has 0 amide bonds. The second kappa shape index (κ2) is 13.8. The molecule has 3 rings (SSSR count). The van der Waals surface area contributed by atoms with Crippen molar-refractivity contribution >= 4 is 34.3 Å². The monoisotopic (exact) mass is 582 g/mol. The van der Waals surface area contributed by atoms with Crippen molar-refractivity contribution in [2.45, 2.75) is 39.1 Å². The third kappa shape index (κ3) is 9.37. The molecule has 0 bridgehead atoms. The topological polar surface area (TPSA) is 139 Å². The minimum atomic E-state index is -4.26. The quantitative estimate of drug-likeness (QED) is 0.134. The van der Waals surface area contributed by atoms with Crippen LogP contribution in [0, 0.1) is 20.8 Å². The van der Waals surface area contributed by atoms with Crippen molar-refractivity contribution < 1.29 is 46.0 Å². The lowest BCUT2D eigenvalue weighted by atomic mass is 10.1. The van der Waals surface area contributed by atoms with Gasteiger partial charge in [-0.3, -0.25) is 8.98 Å². The zero-order chi connectivity index (χ0) is 30.2. The number of hydrogen-bond acceptors (Lipinski definition) is 10. The minimum absolute atomic E-state index is 0.0739. The van der Waals surface area contributed by atoms with Crippen molar-refractivity contribution in [1.29, 1.82) is 0 Å². The van der Waals surface area contributed by atoms with E-state index in [1.54, 1.807) is 36.4 Å². The Morgan fingerprint density at radius 3 is 1.46 bits per heavy atom. The summed E-state index contributed by atoms with van der Waals surface area (Å²) in [5.74, 6) is -2.72. The van der Waals surface area contributed by atoms with E-state index in [-0.39, 0.29) is 23.0 Å².